The van der Waals surface area contributed by atoms with Crippen molar-refractivity contribution in [2.45, 2.75) is 19.8 Å². The molecule has 0 saturated heterocycles. The maximum Gasteiger partial charge on any atom is 0.261 e. The van der Waals surface area contributed by atoms with E-state index in [1.807, 2.05) is 13.0 Å². The zero-order valence-corrected chi connectivity index (χ0v) is 13.2. The molecule has 0 radical (unpaired) electrons. The van der Waals surface area contributed by atoms with Gasteiger partial charge < -0.3 is 10.1 Å². The summed E-state index contributed by atoms with van der Waals surface area (Å²) < 4.78 is 5.91. The van der Waals surface area contributed by atoms with Gasteiger partial charge in [-0.2, -0.15) is 5.26 Å². The number of unbranched alkanes of at least 4 members (excludes halogenated alkanes) is 1. The van der Waals surface area contributed by atoms with Crippen LogP contribution in [0.5, 0.6) is 5.75 Å². The first-order valence-electron chi connectivity index (χ1n) is 6.36. The Bertz CT molecular complexity index is 547. The van der Waals surface area contributed by atoms with Crippen LogP contribution in [0.25, 0.3) is 6.08 Å². The Morgan fingerprint density at radius 2 is 2.30 bits per heavy atom. The van der Waals surface area contributed by atoms with E-state index in [4.69, 9.17) is 10.00 Å². The normalized spacial score (nSPS) is 10.8. The van der Waals surface area contributed by atoms with Crippen LogP contribution >= 0.6 is 15.9 Å². The van der Waals surface area contributed by atoms with Crippen molar-refractivity contribution in [1.82, 2.24) is 5.32 Å². The fourth-order valence-electron chi connectivity index (χ4n) is 1.56. The summed E-state index contributed by atoms with van der Waals surface area (Å²) in [6.07, 6.45) is 3.46. The molecular weight excluding hydrogens is 320 g/mol. The molecule has 0 saturated carbocycles. The number of carbonyl (C=O) groups excluding carboxylic acids is 1. The molecule has 1 aromatic carbocycles. The Balaban J connectivity index is 2.86. The molecule has 106 valence electrons. The summed E-state index contributed by atoms with van der Waals surface area (Å²) in [6.45, 7) is 2.63. The van der Waals surface area contributed by atoms with E-state index in [0.29, 0.717) is 12.3 Å². The van der Waals surface area contributed by atoms with Crippen molar-refractivity contribution < 1.29 is 9.53 Å². The quantitative estimate of drug-likeness (QED) is 0.492. The van der Waals surface area contributed by atoms with E-state index in [2.05, 4.69) is 21.2 Å². The number of ether oxygens (including phenoxy) is 1. The first-order valence-corrected chi connectivity index (χ1v) is 7.15. The van der Waals surface area contributed by atoms with Gasteiger partial charge in [-0.25, -0.2) is 0 Å². The third-order valence-corrected chi connectivity index (χ3v) is 3.29. The second kappa shape index (κ2) is 8.39. The molecule has 0 aliphatic rings. The number of amides is 1. The van der Waals surface area contributed by atoms with E-state index in [0.717, 1.165) is 22.9 Å². The highest BCUT2D eigenvalue weighted by Crippen LogP contribution is 2.26. The molecule has 0 aliphatic heterocycles. The van der Waals surface area contributed by atoms with E-state index in [-0.39, 0.29) is 11.5 Å². The van der Waals surface area contributed by atoms with Gasteiger partial charge in [0.25, 0.3) is 5.91 Å². The minimum atomic E-state index is -0.340. The predicted molar refractivity (Wildman–Crippen MR) is 82.2 cm³/mol. The van der Waals surface area contributed by atoms with E-state index in [1.54, 1.807) is 31.4 Å². The fourth-order valence-corrected chi connectivity index (χ4v) is 2.12. The average Bonchev–Trinajstić information content (AvgIpc) is 2.45. The molecular formula is C15H17BrN2O2. The zero-order valence-electron chi connectivity index (χ0n) is 11.6. The summed E-state index contributed by atoms with van der Waals surface area (Å²) in [6, 6.07) is 7.30. The lowest BCUT2D eigenvalue weighted by atomic mass is 10.1. The lowest BCUT2D eigenvalue weighted by Crippen LogP contribution is -2.25. The fraction of sp³-hybridized carbons (Fsp3) is 0.333. The van der Waals surface area contributed by atoms with Crippen LogP contribution in [0.2, 0.25) is 0 Å². The molecule has 0 spiro atoms. The van der Waals surface area contributed by atoms with Crippen LogP contribution in [0.4, 0.5) is 0 Å². The topological polar surface area (TPSA) is 62.1 Å². The van der Waals surface area contributed by atoms with Gasteiger partial charge in [0.2, 0.25) is 0 Å². The number of carbonyl (C=O) groups is 1. The number of benzene rings is 1. The molecule has 0 heterocycles. The number of nitriles is 1. The van der Waals surface area contributed by atoms with E-state index < -0.39 is 0 Å². The summed E-state index contributed by atoms with van der Waals surface area (Å²) in [4.78, 5) is 11.8. The maximum atomic E-state index is 11.8. The Morgan fingerprint density at radius 1 is 1.55 bits per heavy atom. The molecule has 1 amide bonds. The van der Waals surface area contributed by atoms with Crippen LogP contribution in [0, 0.1) is 11.3 Å². The van der Waals surface area contributed by atoms with Gasteiger partial charge in [0.15, 0.2) is 0 Å². The summed E-state index contributed by atoms with van der Waals surface area (Å²) >= 11 is 3.37. The summed E-state index contributed by atoms with van der Waals surface area (Å²) in [7, 11) is 1.58. The average molecular weight is 337 g/mol. The highest BCUT2D eigenvalue weighted by Gasteiger charge is 2.08. The predicted octanol–water partition coefficient (Wildman–Crippen LogP) is 3.28. The van der Waals surface area contributed by atoms with E-state index in [1.165, 1.54) is 0 Å². The number of nitrogens with zero attached hydrogens (tertiary/aromatic N) is 1. The van der Waals surface area contributed by atoms with E-state index >= 15 is 0 Å². The molecule has 4 nitrogen and oxygen atoms in total. The minimum absolute atomic E-state index is 0.0955. The van der Waals surface area contributed by atoms with Crippen LogP contribution in [0.15, 0.2) is 28.2 Å². The molecule has 1 aromatic rings. The number of hydrogen-bond acceptors (Lipinski definition) is 3. The van der Waals surface area contributed by atoms with Gasteiger partial charge in [0, 0.05) is 6.54 Å². The first kappa shape index (κ1) is 16.3. The zero-order chi connectivity index (χ0) is 15.0. The van der Waals surface area contributed by atoms with Gasteiger partial charge in [0.1, 0.15) is 17.4 Å². The lowest BCUT2D eigenvalue weighted by molar-refractivity contribution is -0.117. The second-order valence-corrected chi connectivity index (χ2v) is 5.03. The monoisotopic (exact) mass is 336 g/mol. The van der Waals surface area contributed by atoms with Gasteiger partial charge in [-0.3, -0.25) is 4.79 Å². The molecule has 0 fully saturated rings. The summed E-state index contributed by atoms with van der Waals surface area (Å²) in [5.41, 5.74) is 0.859. The molecule has 1 rings (SSSR count). The molecule has 1 N–H and O–H groups in total. The molecule has 20 heavy (non-hydrogen) atoms. The molecule has 5 heteroatoms. The van der Waals surface area contributed by atoms with Gasteiger partial charge in [-0.15, -0.1) is 0 Å². The highest BCUT2D eigenvalue weighted by atomic mass is 79.9. The van der Waals surface area contributed by atoms with Crippen LogP contribution in [-0.2, 0) is 4.79 Å². The maximum absolute atomic E-state index is 11.8. The Kier molecular flexibility index (Phi) is 6.82. The third-order valence-electron chi connectivity index (χ3n) is 2.67. The lowest BCUT2D eigenvalue weighted by Gasteiger charge is -2.05. The summed E-state index contributed by atoms with van der Waals surface area (Å²) in [5.74, 6) is 0.362. The van der Waals surface area contributed by atoms with Crippen LogP contribution < -0.4 is 10.1 Å². The van der Waals surface area contributed by atoms with Crippen molar-refractivity contribution in [3.05, 3.63) is 33.8 Å². The Hall–Kier alpha value is -1.80. The molecule has 0 bridgehead atoms. The summed E-state index contributed by atoms with van der Waals surface area (Å²) in [5, 5.41) is 11.8. The minimum Gasteiger partial charge on any atom is -0.496 e. The van der Waals surface area contributed by atoms with Gasteiger partial charge in [-0.1, -0.05) is 19.4 Å². The van der Waals surface area contributed by atoms with E-state index in [9.17, 15) is 4.79 Å². The second-order valence-electron chi connectivity index (χ2n) is 4.17. The van der Waals surface area contributed by atoms with Crippen molar-refractivity contribution >= 4 is 27.9 Å². The smallest absolute Gasteiger partial charge is 0.261 e. The SMILES string of the molecule is CCCCNC(=O)/C(C#N)=C\c1ccc(OC)c(Br)c1. The molecule has 0 unspecified atom stereocenters. The van der Waals surface area contributed by atoms with Crippen LogP contribution in [0.3, 0.4) is 0 Å². The van der Waals surface area contributed by atoms with Gasteiger partial charge in [0.05, 0.1) is 11.6 Å². The Labute approximate surface area is 127 Å². The number of nitrogens with one attached hydrogen (secondary N) is 1. The van der Waals surface area contributed by atoms with Gasteiger partial charge in [-0.05, 0) is 46.1 Å². The number of halogens is 1. The van der Waals surface area contributed by atoms with Crippen molar-refractivity contribution in [3.8, 4) is 11.8 Å². The standard InChI is InChI=1S/C15H17BrN2O2/c1-3-4-7-18-15(19)12(10-17)8-11-5-6-14(20-2)13(16)9-11/h5-6,8-9H,3-4,7H2,1-2H3,(H,18,19)/b12-8-. The molecule has 0 aliphatic carbocycles. The molecule has 0 aromatic heterocycles. The largest absolute Gasteiger partial charge is 0.496 e. The van der Waals surface area contributed by atoms with Crippen LogP contribution in [0.1, 0.15) is 25.3 Å². The van der Waals surface area contributed by atoms with Gasteiger partial charge >= 0.3 is 0 Å². The van der Waals surface area contributed by atoms with Crippen molar-refractivity contribution in [1.29, 1.82) is 5.26 Å². The van der Waals surface area contributed by atoms with Crippen LogP contribution in [-0.4, -0.2) is 19.6 Å². The number of hydrogen-bond donors (Lipinski definition) is 1. The van der Waals surface area contributed by atoms with Crippen molar-refractivity contribution in [2.24, 2.45) is 0 Å². The Morgan fingerprint density at radius 3 is 2.85 bits per heavy atom. The number of rotatable bonds is 6. The first-order chi connectivity index (χ1) is 9.62. The van der Waals surface area contributed by atoms with Crippen molar-refractivity contribution in [2.75, 3.05) is 13.7 Å². The third kappa shape index (κ3) is 4.71. The van der Waals surface area contributed by atoms with Crippen molar-refractivity contribution in [3.63, 3.8) is 0 Å². The number of methoxy groups -OCH3 is 1. The highest BCUT2D eigenvalue weighted by molar-refractivity contribution is 9.10. The molecule has 0 atom stereocenters.